The molecule has 0 radical (unpaired) electrons. The van der Waals surface area contributed by atoms with Gasteiger partial charge in [-0.15, -0.1) is 0 Å². The summed E-state index contributed by atoms with van der Waals surface area (Å²) in [6.45, 7) is 0. The van der Waals surface area contributed by atoms with Gasteiger partial charge < -0.3 is 16.2 Å². The Morgan fingerprint density at radius 2 is 1.92 bits per heavy atom. The minimum Gasteiger partial charge on any atom is -0.478 e. The van der Waals surface area contributed by atoms with E-state index in [1.54, 1.807) is 35.3 Å². The molecule has 0 spiro atoms. The number of carbonyl (C=O) groups is 2. The zero-order chi connectivity index (χ0) is 18.6. The Morgan fingerprint density at radius 1 is 1.28 bits per heavy atom. The number of amides is 1. The van der Waals surface area contributed by atoms with E-state index in [1.807, 2.05) is 0 Å². The molecule has 132 valence electrons. The van der Waals surface area contributed by atoms with Crippen molar-refractivity contribution < 1.29 is 19.1 Å². The first-order chi connectivity index (χ1) is 11.8. The van der Waals surface area contributed by atoms with E-state index in [1.165, 1.54) is 0 Å². The molecular formula is C15H15FN4O5. The molecule has 2 aromatic rings. The molecule has 0 saturated heterocycles. The number of nitrogens with two attached hydrogens (primary N) is 1. The molecule has 9 nitrogen and oxygen atoms in total. The van der Waals surface area contributed by atoms with Gasteiger partial charge >= 0.3 is 11.7 Å². The molecule has 0 aliphatic rings. The molecule has 1 aromatic carbocycles. The number of aromatic amines is 1. The average Bonchev–Trinajstić information content (AvgIpc) is 2.56. The van der Waals surface area contributed by atoms with E-state index >= 15 is 0 Å². The highest BCUT2D eigenvalue weighted by Gasteiger charge is 2.26. The standard InChI is InChI=1S/C15H15FN4O5/c16-9-7-20(15(25)19-12(9)21)11(14(23)24)18-13(22)10(17)6-8-4-2-1-3-5-8/h1-5,7,10-11H,6,17H2,(H,18,22)(H,23,24)(H,19,21,25)/t10-,11-/m0/s1. The van der Waals surface area contributed by atoms with Crippen LogP contribution in [0.1, 0.15) is 11.7 Å². The second-order valence-corrected chi connectivity index (χ2v) is 5.19. The third-order valence-electron chi connectivity index (χ3n) is 3.35. The second-order valence-electron chi connectivity index (χ2n) is 5.19. The summed E-state index contributed by atoms with van der Waals surface area (Å²) in [5.41, 5.74) is 4.02. The molecule has 2 rings (SSSR count). The third-order valence-corrected chi connectivity index (χ3v) is 3.35. The van der Waals surface area contributed by atoms with Crippen molar-refractivity contribution in [1.82, 2.24) is 14.9 Å². The molecule has 0 bridgehead atoms. The molecule has 25 heavy (non-hydrogen) atoms. The monoisotopic (exact) mass is 350 g/mol. The topological polar surface area (TPSA) is 147 Å². The molecule has 1 aromatic heterocycles. The van der Waals surface area contributed by atoms with Crippen LogP contribution in [0.2, 0.25) is 0 Å². The van der Waals surface area contributed by atoms with Crippen LogP contribution < -0.4 is 22.3 Å². The van der Waals surface area contributed by atoms with Crippen molar-refractivity contribution in [2.75, 3.05) is 0 Å². The number of carbonyl (C=O) groups excluding carboxylic acids is 1. The molecule has 0 saturated carbocycles. The van der Waals surface area contributed by atoms with Gasteiger partial charge in [-0.25, -0.2) is 9.59 Å². The lowest BCUT2D eigenvalue weighted by molar-refractivity contribution is -0.144. The summed E-state index contributed by atoms with van der Waals surface area (Å²) in [4.78, 5) is 47.8. The average molecular weight is 350 g/mol. The van der Waals surface area contributed by atoms with Crippen molar-refractivity contribution in [3.05, 3.63) is 68.7 Å². The second kappa shape index (κ2) is 7.53. The van der Waals surface area contributed by atoms with Gasteiger partial charge in [0, 0.05) is 0 Å². The minimum atomic E-state index is -1.92. The quantitative estimate of drug-likeness (QED) is 0.522. The van der Waals surface area contributed by atoms with Gasteiger partial charge in [-0.2, -0.15) is 4.39 Å². The summed E-state index contributed by atoms with van der Waals surface area (Å²) in [6, 6.07) is 7.68. The van der Waals surface area contributed by atoms with Gasteiger partial charge in [0.1, 0.15) is 0 Å². The fraction of sp³-hybridized carbons (Fsp3) is 0.200. The van der Waals surface area contributed by atoms with Crippen molar-refractivity contribution in [3.63, 3.8) is 0 Å². The van der Waals surface area contributed by atoms with Crippen LogP contribution in [-0.4, -0.2) is 32.6 Å². The number of nitrogens with one attached hydrogen (secondary N) is 2. The van der Waals surface area contributed by atoms with E-state index in [0.29, 0.717) is 10.8 Å². The van der Waals surface area contributed by atoms with Crippen molar-refractivity contribution in [2.45, 2.75) is 18.6 Å². The van der Waals surface area contributed by atoms with Gasteiger partial charge in [0.25, 0.3) is 5.56 Å². The Balaban J connectivity index is 2.20. The first kappa shape index (κ1) is 18.1. The number of benzene rings is 1. The zero-order valence-electron chi connectivity index (χ0n) is 12.8. The molecule has 0 aliphatic carbocycles. The van der Waals surface area contributed by atoms with Crippen LogP contribution in [0.5, 0.6) is 0 Å². The molecule has 2 atom stereocenters. The van der Waals surface area contributed by atoms with E-state index in [-0.39, 0.29) is 6.42 Å². The van der Waals surface area contributed by atoms with E-state index in [0.717, 1.165) is 5.56 Å². The summed E-state index contributed by atoms with van der Waals surface area (Å²) < 4.78 is 13.7. The molecule has 5 N–H and O–H groups in total. The van der Waals surface area contributed by atoms with Crippen LogP contribution in [0.3, 0.4) is 0 Å². The molecule has 10 heteroatoms. The SMILES string of the molecule is N[C@@H](Cc1ccccc1)C(=O)N[C@H](C(=O)O)n1cc(F)c(=O)[nH]c1=O. The van der Waals surface area contributed by atoms with Gasteiger partial charge in [-0.3, -0.25) is 19.1 Å². The Bertz CT molecular complexity index is 893. The lowest BCUT2D eigenvalue weighted by Crippen LogP contribution is -2.50. The van der Waals surface area contributed by atoms with Crippen molar-refractivity contribution in [2.24, 2.45) is 5.73 Å². The number of halogens is 1. The smallest absolute Gasteiger partial charge is 0.347 e. The molecule has 0 unspecified atom stereocenters. The van der Waals surface area contributed by atoms with Crippen LogP contribution in [0.15, 0.2) is 46.1 Å². The third kappa shape index (κ3) is 4.38. The lowest BCUT2D eigenvalue weighted by Gasteiger charge is -2.19. The molecule has 0 aliphatic heterocycles. The number of hydrogen-bond donors (Lipinski definition) is 4. The molecule has 1 heterocycles. The predicted molar refractivity (Wildman–Crippen MR) is 84.2 cm³/mol. The summed E-state index contributed by atoms with van der Waals surface area (Å²) in [5, 5.41) is 11.3. The van der Waals surface area contributed by atoms with E-state index in [2.05, 4.69) is 5.32 Å². The number of rotatable bonds is 6. The first-order valence-corrected chi connectivity index (χ1v) is 7.13. The van der Waals surface area contributed by atoms with Gasteiger partial charge in [0.05, 0.1) is 12.2 Å². The van der Waals surface area contributed by atoms with Crippen molar-refractivity contribution in [3.8, 4) is 0 Å². The summed E-state index contributed by atoms with van der Waals surface area (Å²) >= 11 is 0. The predicted octanol–water partition coefficient (Wildman–Crippen LogP) is -1.05. The van der Waals surface area contributed by atoms with Crippen LogP contribution >= 0.6 is 0 Å². The summed E-state index contributed by atoms with van der Waals surface area (Å²) in [5.74, 6) is -3.85. The normalized spacial score (nSPS) is 13.0. The van der Waals surface area contributed by atoms with Gasteiger partial charge in [0.15, 0.2) is 0 Å². The maximum atomic E-state index is 13.3. The zero-order valence-corrected chi connectivity index (χ0v) is 12.8. The molecular weight excluding hydrogens is 335 g/mol. The highest BCUT2D eigenvalue weighted by Crippen LogP contribution is 2.04. The Labute approximate surface area is 139 Å². The van der Waals surface area contributed by atoms with Crippen LogP contribution in [0.25, 0.3) is 0 Å². The van der Waals surface area contributed by atoms with E-state index < -0.39 is 41.2 Å². The maximum absolute atomic E-state index is 13.3. The molecule has 1 amide bonds. The van der Waals surface area contributed by atoms with Crippen LogP contribution in [0, 0.1) is 5.82 Å². The number of nitrogens with zero attached hydrogens (tertiary/aromatic N) is 1. The maximum Gasteiger partial charge on any atom is 0.347 e. The minimum absolute atomic E-state index is 0.133. The van der Waals surface area contributed by atoms with Crippen LogP contribution in [-0.2, 0) is 16.0 Å². The number of hydrogen-bond acceptors (Lipinski definition) is 5. The Morgan fingerprint density at radius 3 is 2.52 bits per heavy atom. The van der Waals surface area contributed by atoms with Gasteiger partial charge in [0.2, 0.25) is 17.9 Å². The fourth-order valence-electron chi connectivity index (χ4n) is 2.11. The first-order valence-electron chi connectivity index (χ1n) is 7.13. The number of aliphatic carboxylic acids is 1. The van der Waals surface area contributed by atoms with Crippen LogP contribution in [0.4, 0.5) is 4.39 Å². The Kier molecular flexibility index (Phi) is 5.45. The summed E-state index contributed by atoms with van der Waals surface area (Å²) in [6.07, 6.45) is -1.38. The summed E-state index contributed by atoms with van der Waals surface area (Å²) in [7, 11) is 0. The van der Waals surface area contributed by atoms with Crippen molar-refractivity contribution >= 4 is 11.9 Å². The van der Waals surface area contributed by atoms with E-state index in [4.69, 9.17) is 5.73 Å². The molecule has 0 fully saturated rings. The number of carboxylic acids is 1. The highest BCUT2D eigenvalue weighted by molar-refractivity contribution is 5.86. The Hall–Kier alpha value is -3.27. The van der Waals surface area contributed by atoms with Gasteiger partial charge in [-0.1, -0.05) is 30.3 Å². The fourth-order valence-corrected chi connectivity index (χ4v) is 2.11. The number of aromatic nitrogens is 2. The number of H-pyrrole nitrogens is 1. The largest absolute Gasteiger partial charge is 0.478 e. The lowest BCUT2D eigenvalue weighted by atomic mass is 10.1. The highest BCUT2D eigenvalue weighted by atomic mass is 19.1. The van der Waals surface area contributed by atoms with Crippen molar-refractivity contribution in [1.29, 1.82) is 0 Å². The van der Waals surface area contributed by atoms with E-state index in [9.17, 15) is 28.7 Å². The number of carboxylic acid groups (broad SMARTS) is 1. The van der Waals surface area contributed by atoms with Gasteiger partial charge in [-0.05, 0) is 12.0 Å².